The van der Waals surface area contributed by atoms with E-state index in [0.717, 1.165) is 31.9 Å². The monoisotopic (exact) mass is 417 g/mol. The van der Waals surface area contributed by atoms with E-state index in [1.165, 1.54) is 16.2 Å². The van der Waals surface area contributed by atoms with Gasteiger partial charge in [-0.15, -0.1) is 0 Å². The quantitative estimate of drug-likeness (QED) is 0.559. The Balaban J connectivity index is 1.67. The van der Waals surface area contributed by atoms with Crippen molar-refractivity contribution in [1.29, 1.82) is 0 Å². The Hall–Kier alpha value is -2.28. The van der Waals surface area contributed by atoms with Gasteiger partial charge in [-0.2, -0.15) is 0 Å². The third-order valence-electron chi connectivity index (χ3n) is 5.62. The summed E-state index contributed by atoms with van der Waals surface area (Å²) in [7, 11) is 6.34. The second kappa shape index (κ2) is 9.96. The smallest absolute Gasteiger partial charge is 0.319 e. The van der Waals surface area contributed by atoms with Crippen molar-refractivity contribution in [2.45, 2.75) is 6.04 Å². The van der Waals surface area contributed by atoms with Gasteiger partial charge in [0.15, 0.2) is 0 Å². The van der Waals surface area contributed by atoms with Crippen molar-refractivity contribution in [2.75, 3.05) is 64.1 Å². The fourth-order valence-corrected chi connectivity index (χ4v) is 3.88. The lowest BCUT2D eigenvalue weighted by atomic mass is 10.0. The van der Waals surface area contributed by atoms with Gasteiger partial charge in [-0.1, -0.05) is 23.7 Å². The average molecular weight is 418 g/mol. The molecule has 29 heavy (non-hydrogen) atoms. The largest absolute Gasteiger partial charge is 0.378 e. The number of hydrogen-bond acceptors (Lipinski definition) is 2. The Bertz CT molecular complexity index is 786. The van der Waals surface area contributed by atoms with Crippen LogP contribution in [0.2, 0.25) is 5.02 Å². The summed E-state index contributed by atoms with van der Waals surface area (Å²) in [5.74, 6) is 0. The van der Waals surface area contributed by atoms with E-state index in [1.807, 2.05) is 14.1 Å². The molecule has 1 atom stereocenters. The van der Waals surface area contributed by atoms with Crippen molar-refractivity contribution in [3.8, 4) is 0 Å². The maximum absolute atomic E-state index is 12.4. The number of amides is 2. The van der Waals surface area contributed by atoms with Crippen LogP contribution in [0.1, 0.15) is 11.6 Å². The number of nitrogens with one attached hydrogen (secondary N) is 4. The van der Waals surface area contributed by atoms with Crippen LogP contribution >= 0.6 is 11.6 Å². The molecule has 6 nitrogen and oxygen atoms in total. The third kappa shape index (κ3) is 6.10. The Labute approximate surface area is 178 Å². The molecule has 1 aliphatic heterocycles. The van der Waals surface area contributed by atoms with E-state index in [2.05, 4.69) is 46.8 Å². The lowest BCUT2D eigenvalue weighted by Gasteiger charge is -2.33. The summed E-state index contributed by atoms with van der Waals surface area (Å²) in [4.78, 5) is 17.6. The van der Waals surface area contributed by atoms with Crippen LogP contribution in [0.5, 0.6) is 0 Å². The maximum Gasteiger partial charge on any atom is 0.319 e. The molecule has 1 saturated heterocycles. The summed E-state index contributed by atoms with van der Waals surface area (Å²) in [5, 5.41) is 6.60. The van der Waals surface area contributed by atoms with Crippen molar-refractivity contribution >= 4 is 29.0 Å². The molecule has 4 N–H and O–H groups in total. The number of halogens is 1. The summed E-state index contributed by atoms with van der Waals surface area (Å²) >= 11 is 5.91. The number of likely N-dealkylation sites (N-methyl/N-ethyl adjacent to an activating group) is 1. The van der Waals surface area contributed by atoms with Gasteiger partial charge in [-0.25, -0.2) is 4.79 Å². The van der Waals surface area contributed by atoms with Gasteiger partial charge in [0.25, 0.3) is 0 Å². The molecule has 0 radical (unpaired) electrons. The van der Waals surface area contributed by atoms with E-state index >= 15 is 0 Å². The molecular weight excluding hydrogens is 386 g/mol. The van der Waals surface area contributed by atoms with Crippen LogP contribution in [0, 0.1) is 0 Å². The highest BCUT2D eigenvalue weighted by Gasteiger charge is 2.29. The van der Waals surface area contributed by atoms with Crippen LogP contribution in [0.4, 0.5) is 16.2 Å². The zero-order chi connectivity index (χ0) is 20.8. The number of anilines is 2. The van der Waals surface area contributed by atoms with Crippen molar-refractivity contribution in [2.24, 2.45) is 0 Å². The summed E-state index contributed by atoms with van der Waals surface area (Å²) in [6.07, 6.45) is 0. The van der Waals surface area contributed by atoms with Crippen LogP contribution in [0.3, 0.4) is 0 Å². The lowest BCUT2D eigenvalue weighted by Crippen LogP contribution is -3.27. The number of carbonyl (C=O) groups excluding carboxylic acids is 1. The van der Waals surface area contributed by atoms with Gasteiger partial charge < -0.3 is 25.3 Å². The number of urea groups is 1. The number of hydrogen-bond donors (Lipinski definition) is 4. The number of benzene rings is 2. The van der Waals surface area contributed by atoms with E-state index in [0.29, 0.717) is 11.6 Å². The second-order valence-corrected chi connectivity index (χ2v) is 8.43. The van der Waals surface area contributed by atoms with Crippen molar-refractivity contribution in [3.63, 3.8) is 0 Å². The highest BCUT2D eigenvalue weighted by molar-refractivity contribution is 6.30. The first-order valence-electron chi connectivity index (χ1n) is 10.2. The van der Waals surface area contributed by atoms with E-state index in [-0.39, 0.29) is 12.1 Å². The number of rotatable bonds is 6. The lowest BCUT2D eigenvalue weighted by molar-refractivity contribution is -1.02. The summed E-state index contributed by atoms with van der Waals surface area (Å²) in [6.45, 7) is 5.10. The molecule has 0 aromatic heterocycles. The van der Waals surface area contributed by atoms with Gasteiger partial charge in [0.1, 0.15) is 32.2 Å². The summed E-state index contributed by atoms with van der Waals surface area (Å²) in [5.41, 5.74) is 3.17. The molecule has 0 spiro atoms. The number of quaternary nitrogens is 2. The topological polar surface area (TPSA) is 53.2 Å². The van der Waals surface area contributed by atoms with Gasteiger partial charge in [-0.05, 0) is 36.4 Å². The minimum absolute atomic E-state index is 0.193. The molecule has 156 valence electrons. The zero-order valence-electron chi connectivity index (χ0n) is 17.5. The van der Waals surface area contributed by atoms with E-state index in [9.17, 15) is 4.79 Å². The molecule has 1 heterocycles. The van der Waals surface area contributed by atoms with Crippen molar-refractivity contribution in [1.82, 2.24) is 5.32 Å². The molecule has 0 bridgehead atoms. The highest BCUT2D eigenvalue weighted by Crippen LogP contribution is 2.17. The summed E-state index contributed by atoms with van der Waals surface area (Å²) in [6, 6.07) is 15.9. The van der Waals surface area contributed by atoms with E-state index < -0.39 is 0 Å². The SMILES string of the molecule is CN(C)c1ccc([C@H](CNC(=O)Nc2ccc(Cl)cc2)[NH+]2CC[NH+](C)CC2)cc1. The van der Waals surface area contributed by atoms with Crippen molar-refractivity contribution in [3.05, 3.63) is 59.1 Å². The molecule has 0 saturated carbocycles. The van der Waals surface area contributed by atoms with Crippen LogP contribution in [-0.2, 0) is 0 Å². The third-order valence-corrected chi connectivity index (χ3v) is 5.87. The molecule has 7 heteroatoms. The van der Waals surface area contributed by atoms with Crippen LogP contribution in [-0.4, -0.2) is 59.9 Å². The molecule has 1 aliphatic rings. The van der Waals surface area contributed by atoms with Crippen molar-refractivity contribution < 1.29 is 14.6 Å². The van der Waals surface area contributed by atoms with Gasteiger partial charge >= 0.3 is 6.03 Å². The molecule has 0 unspecified atom stereocenters. The second-order valence-electron chi connectivity index (χ2n) is 8.00. The van der Waals surface area contributed by atoms with Gasteiger partial charge in [0.05, 0.1) is 13.6 Å². The number of carbonyl (C=O) groups is 1. The Morgan fingerprint density at radius 2 is 1.66 bits per heavy atom. The normalized spacial score (nSPS) is 20.0. The van der Waals surface area contributed by atoms with Crippen LogP contribution < -0.4 is 25.3 Å². The number of nitrogens with zero attached hydrogens (tertiary/aromatic N) is 1. The Morgan fingerprint density at radius 3 is 2.24 bits per heavy atom. The minimum Gasteiger partial charge on any atom is -0.378 e. The molecule has 3 rings (SSSR count). The van der Waals surface area contributed by atoms with Gasteiger partial charge in [0, 0.05) is 36.1 Å². The highest BCUT2D eigenvalue weighted by atomic mass is 35.5. The average Bonchev–Trinajstić information content (AvgIpc) is 2.71. The fraction of sp³-hybridized carbons (Fsp3) is 0.409. The predicted molar refractivity (Wildman–Crippen MR) is 119 cm³/mol. The molecule has 2 aromatic carbocycles. The number of piperazine rings is 1. The fourth-order valence-electron chi connectivity index (χ4n) is 3.75. The van der Waals surface area contributed by atoms with Gasteiger partial charge in [-0.3, -0.25) is 0 Å². The first-order chi connectivity index (χ1) is 13.9. The molecular formula is C22H32ClN5O+2. The van der Waals surface area contributed by atoms with Crippen LogP contribution in [0.25, 0.3) is 0 Å². The first-order valence-corrected chi connectivity index (χ1v) is 10.5. The zero-order valence-corrected chi connectivity index (χ0v) is 18.2. The van der Waals surface area contributed by atoms with Gasteiger partial charge in [0.2, 0.25) is 0 Å². The molecule has 2 amide bonds. The predicted octanol–water partition coefficient (Wildman–Crippen LogP) is 0.682. The standard InChI is InChI=1S/C22H30ClN5O/c1-26(2)20-10-4-17(5-11-20)21(28-14-12-27(3)13-15-28)16-24-22(29)25-19-8-6-18(23)7-9-19/h4-11,21H,12-16H2,1-3H3,(H2,24,25,29)/p+2/t21-/m0/s1. The van der Waals surface area contributed by atoms with E-state index in [1.54, 1.807) is 29.2 Å². The summed E-state index contributed by atoms with van der Waals surface area (Å²) < 4.78 is 0. The molecule has 2 aromatic rings. The van der Waals surface area contributed by atoms with E-state index in [4.69, 9.17) is 11.6 Å². The molecule has 0 aliphatic carbocycles. The Morgan fingerprint density at radius 1 is 1.03 bits per heavy atom. The first kappa shape index (κ1) is 21.4. The molecule has 1 fully saturated rings. The maximum atomic E-state index is 12.4. The Kier molecular flexibility index (Phi) is 7.36. The van der Waals surface area contributed by atoms with Crippen LogP contribution in [0.15, 0.2) is 48.5 Å². The minimum atomic E-state index is -0.193.